The quantitative estimate of drug-likeness (QED) is 0.736. The van der Waals surface area contributed by atoms with E-state index in [9.17, 15) is 13.2 Å². The van der Waals surface area contributed by atoms with Crippen LogP contribution in [-0.4, -0.2) is 54.0 Å². The maximum atomic E-state index is 12.3. The van der Waals surface area contributed by atoms with E-state index in [0.717, 1.165) is 5.69 Å². The molecule has 2 N–H and O–H groups in total. The van der Waals surface area contributed by atoms with Crippen molar-refractivity contribution in [1.82, 2.24) is 19.6 Å². The molecule has 152 valence electrons. The van der Waals surface area contributed by atoms with Gasteiger partial charge in [-0.25, -0.2) is 17.7 Å². The number of sulfonamides is 1. The first-order valence-corrected chi connectivity index (χ1v) is 11.1. The van der Waals surface area contributed by atoms with Crippen LogP contribution in [0.1, 0.15) is 34.7 Å². The molecule has 0 bridgehead atoms. The highest BCUT2D eigenvalue weighted by Gasteiger charge is 2.26. The molecule has 0 saturated carbocycles. The summed E-state index contributed by atoms with van der Waals surface area (Å²) in [5.74, 6) is 0.902. The molecule has 1 aliphatic rings. The fourth-order valence-corrected chi connectivity index (χ4v) is 4.12. The SMILES string of the molecule is Cc1cnc(CNC(=O)c2ccc(OC3CCN(S(C)(=O)=O)CC3)c(Cl)c2)[nH]1. The van der Waals surface area contributed by atoms with Crippen molar-refractivity contribution in [2.45, 2.75) is 32.4 Å². The molecule has 0 aliphatic carbocycles. The molecule has 1 fully saturated rings. The Labute approximate surface area is 169 Å². The van der Waals surface area contributed by atoms with Gasteiger partial charge in [-0.3, -0.25) is 4.79 Å². The van der Waals surface area contributed by atoms with Gasteiger partial charge in [0.25, 0.3) is 5.91 Å². The number of aryl methyl sites for hydroxylation is 1. The third kappa shape index (κ3) is 5.24. The van der Waals surface area contributed by atoms with Gasteiger partial charge in [-0.1, -0.05) is 11.6 Å². The van der Waals surface area contributed by atoms with Crippen molar-refractivity contribution < 1.29 is 17.9 Å². The number of nitrogens with one attached hydrogen (secondary N) is 2. The number of aromatic nitrogens is 2. The van der Waals surface area contributed by atoms with Gasteiger partial charge < -0.3 is 15.0 Å². The molecule has 2 heterocycles. The second-order valence-corrected chi connectivity index (χ2v) is 9.21. The van der Waals surface area contributed by atoms with Gasteiger partial charge in [0, 0.05) is 30.5 Å². The van der Waals surface area contributed by atoms with Gasteiger partial charge in [0.1, 0.15) is 17.7 Å². The molecule has 0 spiro atoms. The van der Waals surface area contributed by atoms with Crippen LogP contribution in [-0.2, 0) is 16.6 Å². The van der Waals surface area contributed by atoms with Crippen molar-refractivity contribution in [2.24, 2.45) is 0 Å². The summed E-state index contributed by atoms with van der Waals surface area (Å²) in [5, 5.41) is 3.12. The number of aromatic amines is 1. The Morgan fingerprint density at radius 3 is 2.68 bits per heavy atom. The number of hydrogen-bond donors (Lipinski definition) is 2. The largest absolute Gasteiger partial charge is 0.489 e. The first-order valence-electron chi connectivity index (χ1n) is 8.92. The van der Waals surface area contributed by atoms with Gasteiger partial charge in [0.05, 0.1) is 17.8 Å². The zero-order chi connectivity index (χ0) is 20.3. The molecular weight excluding hydrogens is 404 g/mol. The van der Waals surface area contributed by atoms with Crippen LogP contribution in [0.3, 0.4) is 0 Å². The third-order valence-corrected chi connectivity index (χ3v) is 6.13. The molecule has 1 amide bonds. The Hall–Kier alpha value is -2.10. The average molecular weight is 427 g/mol. The predicted octanol–water partition coefficient (Wildman–Crippen LogP) is 2.10. The van der Waals surface area contributed by atoms with Gasteiger partial charge in [-0.2, -0.15) is 0 Å². The molecule has 0 atom stereocenters. The lowest BCUT2D eigenvalue weighted by molar-refractivity contribution is 0.0950. The molecule has 1 aromatic heterocycles. The van der Waals surface area contributed by atoms with E-state index >= 15 is 0 Å². The highest BCUT2D eigenvalue weighted by Crippen LogP contribution is 2.28. The highest BCUT2D eigenvalue weighted by molar-refractivity contribution is 7.88. The zero-order valence-corrected chi connectivity index (χ0v) is 17.3. The lowest BCUT2D eigenvalue weighted by Gasteiger charge is -2.30. The van der Waals surface area contributed by atoms with Crippen molar-refractivity contribution in [3.8, 4) is 5.75 Å². The number of H-pyrrole nitrogens is 1. The molecule has 1 aliphatic heterocycles. The summed E-state index contributed by atoms with van der Waals surface area (Å²) in [6, 6.07) is 4.87. The number of benzene rings is 1. The number of imidazole rings is 1. The minimum Gasteiger partial charge on any atom is -0.489 e. The zero-order valence-electron chi connectivity index (χ0n) is 15.7. The highest BCUT2D eigenvalue weighted by atomic mass is 35.5. The van der Waals surface area contributed by atoms with E-state index in [2.05, 4.69) is 15.3 Å². The molecule has 1 aromatic carbocycles. The number of ether oxygens (including phenoxy) is 1. The van der Waals surface area contributed by atoms with Crippen LogP contribution >= 0.6 is 11.6 Å². The Balaban J connectivity index is 1.56. The van der Waals surface area contributed by atoms with Crippen LogP contribution in [0.4, 0.5) is 0 Å². The summed E-state index contributed by atoms with van der Waals surface area (Å²) in [5.41, 5.74) is 1.35. The lowest BCUT2D eigenvalue weighted by atomic mass is 10.1. The van der Waals surface area contributed by atoms with Gasteiger partial charge in [0.2, 0.25) is 10.0 Å². The van der Waals surface area contributed by atoms with E-state index < -0.39 is 10.0 Å². The molecule has 10 heteroatoms. The molecule has 8 nitrogen and oxygen atoms in total. The second kappa shape index (κ2) is 8.50. The number of rotatable bonds is 6. The first-order chi connectivity index (χ1) is 13.2. The monoisotopic (exact) mass is 426 g/mol. The molecular formula is C18H23ClN4O4S. The van der Waals surface area contributed by atoms with E-state index in [1.54, 1.807) is 24.4 Å². The summed E-state index contributed by atoms with van der Waals surface area (Å²) in [6.45, 7) is 3.03. The van der Waals surface area contributed by atoms with E-state index in [-0.39, 0.29) is 12.0 Å². The number of nitrogens with zero attached hydrogens (tertiary/aromatic N) is 2. The Morgan fingerprint density at radius 1 is 1.39 bits per heavy atom. The van der Waals surface area contributed by atoms with Crippen LogP contribution < -0.4 is 10.1 Å². The van der Waals surface area contributed by atoms with E-state index in [1.807, 2.05) is 6.92 Å². The standard InChI is InChI=1S/C18H23ClN4O4S/c1-12-10-20-17(22-12)11-21-18(24)13-3-4-16(15(19)9-13)27-14-5-7-23(8-6-14)28(2,25)26/h3-4,9-10,14H,5-8,11H2,1-2H3,(H,20,22)(H,21,24). The van der Waals surface area contributed by atoms with E-state index in [0.29, 0.717) is 54.6 Å². The van der Waals surface area contributed by atoms with Gasteiger partial charge >= 0.3 is 0 Å². The number of halogens is 1. The van der Waals surface area contributed by atoms with Crippen LogP contribution in [0.2, 0.25) is 5.02 Å². The molecule has 3 rings (SSSR count). The molecule has 0 radical (unpaired) electrons. The van der Waals surface area contributed by atoms with Gasteiger partial charge in [-0.15, -0.1) is 0 Å². The summed E-state index contributed by atoms with van der Waals surface area (Å²) < 4.78 is 30.5. The topological polar surface area (TPSA) is 104 Å². The fraction of sp³-hybridized carbons (Fsp3) is 0.444. The third-order valence-electron chi connectivity index (χ3n) is 4.53. The Bertz CT molecular complexity index is 952. The van der Waals surface area contributed by atoms with Crippen LogP contribution in [0.25, 0.3) is 0 Å². The minimum absolute atomic E-state index is 0.114. The van der Waals surface area contributed by atoms with Crippen molar-refractivity contribution in [3.05, 3.63) is 46.5 Å². The summed E-state index contributed by atoms with van der Waals surface area (Å²) in [6.07, 6.45) is 3.98. The van der Waals surface area contributed by atoms with Crippen LogP contribution in [0.5, 0.6) is 5.75 Å². The number of hydrogen-bond acceptors (Lipinski definition) is 5. The molecule has 2 aromatic rings. The summed E-state index contributed by atoms with van der Waals surface area (Å²) >= 11 is 6.28. The first kappa shape index (κ1) is 20.6. The Kier molecular flexibility index (Phi) is 6.26. The Morgan fingerprint density at radius 2 is 2.11 bits per heavy atom. The number of piperidine rings is 1. The van der Waals surface area contributed by atoms with Crippen LogP contribution in [0, 0.1) is 6.92 Å². The van der Waals surface area contributed by atoms with E-state index in [1.165, 1.54) is 10.6 Å². The minimum atomic E-state index is -3.17. The number of carbonyl (C=O) groups is 1. The van der Waals surface area contributed by atoms with Crippen molar-refractivity contribution in [2.75, 3.05) is 19.3 Å². The summed E-state index contributed by atoms with van der Waals surface area (Å²) in [7, 11) is -3.17. The number of carbonyl (C=O) groups excluding carboxylic acids is 1. The molecule has 28 heavy (non-hydrogen) atoms. The number of amides is 1. The summed E-state index contributed by atoms with van der Waals surface area (Å²) in [4.78, 5) is 19.5. The maximum Gasteiger partial charge on any atom is 0.251 e. The van der Waals surface area contributed by atoms with Gasteiger partial charge in [-0.05, 0) is 38.0 Å². The average Bonchev–Trinajstić information content (AvgIpc) is 3.06. The predicted molar refractivity (Wildman–Crippen MR) is 106 cm³/mol. The lowest BCUT2D eigenvalue weighted by Crippen LogP contribution is -2.41. The smallest absolute Gasteiger partial charge is 0.251 e. The normalized spacial score (nSPS) is 16.1. The van der Waals surface area contributed by atoms with Crippen molar-refractivity contribution in [3.63, 3.8) is 0 Å². The molecule has 1 saturated heterocycles. The van der Waals surface area contributed by atoms with E-state index in [4.69, 9.17) is 16.3 Å². The van der Waals surface area contributed by atoms with Crippen LogP contribution in [0.15, 0.2) is 24.4 Å². The van der Waals surface area contributed by atoms with Crippen molar-refractivity contribution in [1.29, 1.82) is 0 Å². The fourth-order valence-electron chi connectivity index (χ4n) is 3.02. The molecule has 0 unspecified atom stereocenters. The maximum absolute atomic E-state index is 12.3. The second-order valence-electron chi connectivity index (χ2n) is 6.82. The van der Waals surface area contributed by atoms with Crippen molar-refractivity contribution >= 4 is 27.5 Å². The van der Waals surface area contributed by atoms with Gasteiger partial charge in [0.15, 0.2) is 0 Å².